The molecule has 1 fully saturated rings. The lowest BCUT2D eigenvalue weighted by molar-refractivity contribution is -0.116. The van der Waals surface area contributed by atoms with Crippen LogP contribution in [0.2, 0.25) is 0 Å². The number of likely N-dealkylation sites (N-methyl/N-ethyl adjacent to an activating group) is 1. The number of piperazine rings is 1. The lowest BCUT2D eigenvalue weighted by Gasteiger charge is -2.36. The van der Waals surface area contributed by atoms with Gasteiger partial charge < -0.3 is 15.1 Å². The van der Waals surface area contributed by atoms with Gasteiger partial charge in [-0.05, 0) is 67.1 Å². The molecule has 1 atom stereocenters. The summed E-state index contributed by atoms with van der Waals surface area (Å²) in [6.07, 6.45) is 3.61. The van der Waals surface area contributed by atoms with Crippen LogP contribution in [0, 0.1) is 0 Å². The molecule has 0 bridgehead atoms. The van der Waals surface area contributed by atoms with Crippen LogP contribution in [0.15, 0.2) is 77.7 Å². The predicted octanol–water partition coefficient (Wildman–Crippen LogP) is 4.76. The summed E-state index contributed by atoms with van der Waals surface area (Å²) in [7, 11) is -3.87. The molecular formula is C31H38N4O3S. The smallest absolute Gasteiger partial charge is 0.243 e. The molecule has 3 aromatic carbocycles. The van der Waals surface area contributed by atoms with Crippen molar-refractivity contribution in [2.45, 2.75) is 50.0 Å². The monoisotopic (exact) mass is 546 g/mol. The zero-order valence-electron chi connectivity index (χ0n) is 22.6. The Hall–Kier alpha value is -3.20. The number of amides is 1. The van der Waals surface area contributed by atoms with E-state index in [0.717, 1.165) is 63.1 Å². The van der Waals surface area contributed by atoms with E-state index >= 15 is 0 Å². The minimum Gasteiger partial charge on any atom is -0.368 e. The maximum absolute atomic E-state index is 14.0. The molecule has 0 aromatic heterocycles. The van der Waals surface area contributed by atoms with Crippen molar-refractivity contribution < 1.29 is 13.2 Å². The molecule has 0 radical (unpaired) electrons. The zero-order chi connectivity index (χ0) is 27.2. The molecular weight excluding hydrogens is 508 g/mol. The number of rotatable bonds is 9. The molecule has 7 nitrogen and oxygen atoms in total. The van der Waals surface area contributed by atoms with Gasteiger partial charge in [0.15, 0.2) is 0 Å². The average Bonchev–Trinajstić information content (AvgIpc) is 2.97. The van der Waals surface area contributed by atoms with Crippen molar-refractivity contribution in [3.63, 3.8) is 0 Å². The minimum absolute atomic E-state index is 0.138. The van der Waals surface area contributed by atoms with Crippen molar-refractivity contribution in [2.24, 2.45) is 0 Å². The number of hydrogen-bond acceptors (Lipinski definition) is 5. The third-order valence-electron chi connectivity index (χ3n) is 7.84. The molecule has 3 aromatic rings. The lowest BCUT2D eigenvalue weighted by Crippen LogP contribution is -2.46. The van der Waals surface area contributed by atoms with Crippen LogP contribution in [-0.2, 0) is 27.7 Å². The molecule has 1 aliphatic carbocycles. The first-order valence-corrected chi connectivity index (χ1v) is 15.5. The molecule has 0 spiro atoms. The molecule has 1 heterocycles. The van der Waals surface area contributed by atoms with Gasteiger partial charge in [0.2, 0.25) is 15.9 Å². The molecule has 0 unspecified atom stereocenters. The SMILES string of the molecule is CCN1CCN(c2ccc(NC(=O)CCc3ccccc3)cc2S(=O)(=O)N[C@@H]2CCCc3ccccc32)CC1. The predicted molar refractivity (Wildman–Crippen MR) is 157 cm³/mol. The maximum atomic E-state index is 14.0. The van der Waals surface area contributed by atoms with E-state index < -0.39 is 10.0 Å². The van der Waals surface area contributed by atoms with Crippen LogP contribution in [0.3, 0.4) is 0 Å². The summed E-state index contributed by atoms with van der Waals surface area (Å²) >= 11 is 0. The number of anilines is 2. The van der Waals surface area contributed by atoms with E-state index in [0.29, 0.717) is 24.2 Å². The molecule has 206 valence electrons. The van der Waals surface area contributed by atoms with Crippen LogP contribution >= 0.6 is 0 Å². The molecule has 0 saturated carbocycles. The Morgan fingerprint density at radius 2 is 1.69 bits per heavy atom. The topological polar surface area (TPSA) is 81.8 Å². The summed E-state index contributed by atoms with van der Waals surface area (Å²) in [5, 5.41) is 2.93. The van der Waals surface area contributed by atoms with Crippen molar-refractivity contribution in [2.75, 3.05) is 42.9 Å². The number of nitrogens with zero attached hydrogens (tertiary/aromatic N) is 2. The second-order valence-corrected chi connectivity index (χ2v) is 12.1. The molecule has 39 heavy (non-hydrogen) atoms. The number of aryl methyl sites for hydroxylation is 2. The van der Waals surface area contributed by atoms with Crippen molar-refractivity contribution in [3.05, 3.63) is 89.5 Å². The third-order valence-corrected chi connectivity index (χ3v) is 9.34. The van der Waals surface area contributed by atoms with E-state index in [9.17, 15) is 13.2 Å². The standard InChI is InChI=1S/C31H38N4O3S/c1-2-34-19-21-35(22-20-34)29-17-16-26(32-31(36)18-15-24-9-4-3-5-10-24)23-30(29)39(37,38)33-28-14-8-12-25-11-6-7-13-27(25)28/h3-7,9-11,13,16-17,23,28,33H,2,8,12,14-15,18-22H2,1H3,(H,32,36)/t28-/m1/s1. The normalized spacial score (nSPS) is 18.0. The van der Waals surface area contributed by atoms with E-state index in [1.165, 1.54) is 5.56 Å². The first-order chi connectivity index (χ1) is 18.9. The molecule has 8 heteroatoms. The van der Waals surface area contributed by atoms with E-state index in [4.69, 9.17) is 0 Å². The van der Waals surface area contributed by atoms with Crippen molar-refractivity contribution in [1.82, 2.24) is 9.62 Å². The molecule has 5 rings (SSSR count). The van der Waals surface area contributed by atoms with E-state index in [-0.39, 0.29) is 16.8 Å². The summed E-state index contributed by atoms with van der Waals surface area (Å²) in [5.74, 6) is -0.138. The van der Waals surface area contributed by atoms with Crippen molar-refractivity contribution in [3.8, 4) is 0 Å². The van der Waals surface area contributed by atoms with Crippen molar-refractivity contribution >= 4 is 27.3 Å². The number of carbonyl (C=O) groups excluding carboxylic acids is 1. The Bertz CT molecular complexity index is 1390. The van der Waals surface area contributed by atoms with Crippen LogP contribution in [0.1, 0.15) is 48.9 Å². The van der Waals surface area contributed by atoms with E-state index in [1.54, 1.807) is 6.07 Å². The molecule has 1 saturated heterocycles. The quantitative estimate of drug-likeness (QED) is 0.405. The zero-order valence-corrected chi connectivity index (χ0v) is 23.4. The van der Waals surface area contributed by atoms with Gasteiger partial charge in [-0.3, -0.25) is 4.79 Å². The van der Waals surface area contributed by atoms with Gasteiger partial charge in [0.05, 0.1) is 5.69 Å². The largest absolute Gasteiger partial charge is 0.368 e. The second kappa shape index (κ2) is 12.3. The Balaban J connectivity index is 1.39. The van der Waals surface area contributed by atoms with Gasteiger partial charge in [-0.25, -0.2) is 13.1 Å². The molecule has 1 amide bonds. The number of fused-ring (bicyclic) bond motifs is 1. The fraction of sp³-hybridized carbons (Fsp3) is 0.387. The molecule has 2 aliphatic rings. The van der Waals surface area contributed by atoms with Gasteiger partial charge in [0.1, 0.15) is 4.90 Å². The van der Waals surface area contributed by atoms with Gasteiger partial charge in [-0.1, -0.05) is 61.5 Å². The van der Waals surface area contributed by atoms with Gasteiger partial charge >= 0.3 is 0 Å². The highest BCUT2D eigenvalue weighted by molar-refractivity contribution is 7.89. The highest BCUT2D eigenvalue weighted by Crippen LogP contribution is 2.34. The minimum atomic E-state index is -3.87. The molecule has 2 N–H and O–H groups in total. The van der Waals surface area contributed by atoms with Crippen LogP contribution in [0.4, 0.5) is 11.4 Å². The number of carbonyl (C=O) groups is 1. The van der Waals surface area contributed by atoms with Gasteiger partial charge in [0.25, 0.3) is 0 Å². The summed E-state index contributed by atoms with van der Waals surface area (Å²) in [6, 6.07) is 23.0. The Labute approximate surface area is 232 Å². The number of benzene rings is 3. The summed E-state index contributed by atoms with van der Waals surface area (Å²) in [6.45, 7) is 6.41. The number of nitrogens with one attached hydrogen (secondary N) is 2. The Morgan fingerprint density at radius 1 is 0.949 bits per heavy atom. The highest BCUT2D eigenvalue weighted by Gasteiger charge is 2.30. The van der Waals surface area contributed by atoms with Crippen LogP contribution in [0.25, 0.3) is 0 Å². The maximum Gasteiger partial charge on any atom is 0.243 e. The molecule has 1 aliphatic heterocycles. The number of hydrogen-bond donors (Lipinski definition) is 2. The van der Waals surface area contributed by atoms with Crippen molar-refractivity contribution in [1.29, 1.82) is 0 Å². The summed E-state index contributed by atoms with van der Waals surface area (Å²) in [4.78, 5) is 17.5. The second-order valence-electron chi connectivity index (χ2n) is 10.4. The lowest BCUT2D eigenvalue weighted by atomic mass is 9.88. The van der Waals surface area contributed by atoms with Gasteiger partial charge in [-0.2, -0.15) is 0 Å². The summed E-state index contributed by atoms with van der Waals surface area (Å²) < 4.78 is 31.0. The Morgan fingerprint density at radius 3 is 2.46 bits per heavy atom. The fourth-order valence-electron chi connectivity index (χ4n) is 5.63. The van der Waals surface area contributed by atoms with Gasteiger partial charge in [-0.15, -0.1) is 0 Å². The van der Waals surface area contributed by atoms with Gasteiger partial charge in [0, 0.05) is 44.3 Å². The van der Waals surface area contributed by atoms with E-state index in [1.807, 2.05) is 60.7 Å². The first-order valence-electron chi connectivity index (χ1n) is 14.0. The van der Waals surface area contributed by atoms with E-state index in [2.05, 4.69) is 32.8 Å². The Kier molecular flexibility index (Phi) is 8.65. The summed E-state index contributed by atoms with van der Waals surface area (Å²) in [5.41, 5.74) is 4.52. The van der Waals surface area contributed by atoms with Crippen LogP contribution < -0.4 is 14.9 Å². The average molecular weight is 547 g/mol. The number of sulfonamides is 1. The fourth-order valence-corrected chi connectivity index (χ4v) is 7.13. The van der Waals surface area contributed by atoms with Crippen LogP contribution in [0.5, 0.6) is 0 Å². The third kappa shape index (κ3) is 6.69. The van der Waals surface area contributed by atoms with Crippen LogP contribution in [-0.4, -0.2) is 51.9 Å². The first kappa shape index (κ1) is 27.4. The highest BCUT2D eigenvalue weighted by atomic mass is 32.2.